The molecule has 10 heavy (non-hydrogen) atoms. The highest BCUT2D eigenvalue weighted by Crippen LogP contribution is 2.07. The zero-order valence-electron chi connectivity index (χ0n) is 6.16. The van der Waals surface area contributed by atoms with Crippen LogP contribution in [-0.4, -0.2) is 13.5 Å². The van der Waals surface area contributed by atoms with Crippen LogP contribution in [0.4, 0.5) is 8.78 Å². The van der Waals surface area contributed by atoms with Crippen molar-refractivity contribution in [2.24, 2.45) is 0 Å². The lowest BCUT2D eigenvalue weighted by atomic mass is 10.2. The topological polar surface area (TPSA) is 12.0 Å². The summed E-state index contributed by atoms with van der Waals surface area (Å²) in [6.07, 6.45) is -1.05. The van der Waals surface area contributed by atoms with Crippen molar-refractivity contribution in [1.29, 1.82) is 0 Å². The number of hydrogen-bond acceptors (Lipinski definition) is 1. The maximum atomic E-state index is 11.5. The average molecular weight is 149 g/mol. The van der Waals surface area contributed by atoms with Gasteiger partial charge in [-0.05, 0) is 12.8 Å². The van der Waals surface area contributed by atoms with Crippen LogP contribution in [0.3, 0.4) is 0 Å². The highest BCUT2D eigenvalue weighted by atomic mass is 19.3. The minimum absolute atomic E-state index is 0.0271. The van der Waals surface area contributed by atoms with Crippen molar-refractivity contribution in [3.05, 3.63) is 12.3 Å². The summed E-state index contributed by atoms with van der Waals surface area (Å²) in [7, 11) is 1.74. The molecule has 1 nitrogen and oxygen atoms in total. The van der Waals surface area contributed by atoms with E-state index in [1.54, 1.807) is 7.05 Å². The zero-order chi connectivity index (χ0) is 7.98. The van der Waals surface area contributed by atoms with Gasteiger partial charge in [0, 0.05) is 19.2 Å². The van der Waals surface area contributed by atoms with Gasteiger partial charge in [0.2, 0.25) is 6.43 Å². The number of allylic oxidation sites excluding steroid dienone is 1. The molecule has 0 amide bonds. The van der Waals surface area contributed by atoms with Gasteiger partial charge >= 0.3 is 0 Å². The first-order chi connectivity index (χ1) is 4.66. The largest absolute Gasteiger partial charge is 0.392 e. The molecule has 3 heteroatoms. The molecular formula is C7H13F2N. The fraction of sp³-hybridized carbons (Fsp3) is 0.714. The molecule has 0 spiro atoms. The van der Waals surface area contributed by atoms with Gasteiger partial charge in [0.15, 0.2) is 0 Å². The van der Waals surface area contributed by atoms with E-state index in [1.165, 1.54) is 0 Å². The Hall–Kier alpha value is -0.600. The Bertz CT molecular complexity index is 102. The predicted molar refractivity (Wildman–Crippen MR) is 38.1 cm³/mol. The molecule has 0 aliphatic heterocycles. The van der Waals surface area contributed by atoms with Crippen LogP contribution in [0.15, 0.2) is 12.3 Å². The first-order valence-corrected chi connectivity index (χ1v) is 3.30. The van der Waals surface area contributed by atoms with Crippen molar-refractivity contribution >= 4 is 0 Å². The van der Waals surface area contributed by atoms with E-state index in [1.807, 2.05) is 0 Å². The summed E-state index contributed by atoms with van der Waals surface area (Å²) < 4.78 is 23.1. The third kappa shape index (κ3) is 5.54. The fourth-order valence-corrected chi connectivity index (χ4v) is 0.595. The third-order valence-corrected chi connectivity index (χ3v) is 1.25. The van der Waals surface area contributed by atoms with Crippen LogP contribution in [0.2, 0.25) is 0 Å². The van der Waals surface area contributed by atoms with E-state index in [-0.39, 0.29) is 6.42 Å². The van der Waals surface area contributed by atoms with E-state index in [0.717, 1.165) is 5.70 Å². The van der Waals surface area contributed by atoms with Crippen LogP contribution in [0.1, 0.15) is 19.3 Å². The Labute approximate surface area is 60.1 Å². The van der Waals surface area contributed by atoms with Gasteiger partial charge in [0.05, 0.1) is 0 Å². The number of hydrogen-bond donors (Lipinski definition) is 1. The van der Waals surface area contributed by atoms with Gasteiger partial charge in [0.1, 0.15) is 0 Å². The Balaban J connectivity index is 3.12. The highest BCUT2D eigenvalue weighted by molar-refractivity contribution is 4.88. The van der Waals surface area contributed by atoms with Crippen molar-refractivity contribution in [1.82, 2.24) is 5.32 Å². The Kier molecular flexibility index (Phi) is 4.89. The minimum atomic E-state index is -2.18. The van der Waals surface area contributed by atoms with Crippen LogP contribution < -0.4 is 5.32 Å². The second-order valence-electron chi connectivity index (χ2n) is 2.14. The molecule has 0 aromatic carbocycles. The molecule has 0 aliphatic rings. The van der Waals surface area contributed by atoms with Gasteiger partial charge in [-0.25, -0.2) is 8.78 Å². The third-order valence-electron chi connectivity index (χ3n) is 1.25. The molecule has 0 aliphatic carbocycles. The molecule has 0 saturated heterocycles. The molecule has 0 aromatic rings. The van der Waals surface area contributed by atoms with Crippen molar-refractivity contribution in [2.75, 3.05) is 7.05 Å². The summed E-state index contributed by atoms with van der Waals surface area (Å²) in [4.78, 5) is 0. The molecule has 0 radical (unpaired) electrons. The molecule has 0 aromatic heterocycles. The molecule has 0 saturated carbocycles. The van der Waals surface area contributed by atoms with Crippen LogP contribution in [0.25, 0.3) is 0 Å². The molecule has 0 heterocycles. The molecule has 60 valence electrons. The van der Waals surface area contributed by atoms with E-state index in [9.17, 15) is 8.78 Å². The van der Waals surface area contributed by atoms with E-state index in [2.05, 4.69) is 11.9 Å². The lowest BCUT2D eigenvalue weighted by Gasteiger charge is -2.02. The van der Waals surface area contributed by atoms with Gasteiger partial charge in [-0.3, -0.25) is 0 Å². The van der Waals surface area contributed by atoms with Gasteiger partial charge < -0.3 is 5.32 Å². The molecule has 0 bridgehead atoms. The second-order valence-corrected chi connectivity index (χ2v) is 2.14. The fourth-order valence-electron chi connectivity index (χ4n) is 0.595. The first-order valence-electron chi connectivity index (χ1n) is 3.30. The van der Waals surface area contributed by atoms with Gasteiger partial charge in [-0.15, -0.1) is 0 Å². The lowest BCUT2D eigenvalue weighted by Crippen LogP contribution is -2.04. The van der Waals surface area contributed by atoms with Gasteiger partial charge in [0.25, 0.3) is 0 Å². The summed E-state index contributed by atoms with van der Waals surface area (Å²) in [6, 6.07) is 0. The smallest absolute Gasteiger partial charge is 0.238 e. The van der Waals surface area contributed by atoms with Crippen LogP contribution >= 0.6 is 0 Å². The van der Waals surface area contributed by atoms with E-state index in [4.69, 9.17) is 0 Å². The average Bonchev–Trinajstić information content (AvgIpc) is 1.87. The maximum Gasteiger partial charge on any atom is 0.238 e. The van der Waals surface area contributed by atoms with Gasteiger partial charge in [-0.1, -0.05) is 6.58 Å². The predicted octanol–water partition coefficient (Wildman–Crippen LogP) is 2.15. The number of nitrogens with one attached hydrogen (secondary N) is 1. The lowest BCUT2D eigenvalue weighted by molar-refractivity contribution is 0.135. The minimum Gasteiger partial charge on any atom is -0.392 e. The van der Waals surface area contributed by atoms with Crippen molar-refractivity contribution < 1.29 is 8.78 Å². The molecular weight excluding hydrogens is 136 g/mol. The number of halogens is 2. The maximum absolute atomic E-state index is 11.5. The monoisotopic (exact) mass is 149 g/mol. The molecule has 1 N–H and O–H groups in total. The Morgan fingerprint density at radius 2 is 2.20 bits per heavy atom. The number of rotatable bonds is 5. The van der Waals surface area contributed by atoms with Crippen LogP contribution in [0, 0.1) is 0 Å². The number of alkyl halides is 2. The van der Waals surface area contributed by atoms with E-state index >= 15 is 0 Å². The Morgan fingerprint density at radius 1 is 1.60 bits per heavy atom. The molecule has 0 atom stereocenters. The van der Waals surface area contributed by atoms with Crippen molar-refractivity contribution in [2.45, 2.75) is 25.7 Å². The summed E-state index contributed by atoms with van der Waals surface area (Å²) >= 11 is 0. The first kappa shape index (κ1) is 9.40. The molecule has 0 fully saturated rings. The standard InChI is InChI=1S/C7H13F2N/c1-6(10-2)4-3-5-7(8)9/h7,10H,1,3-5H2,2H3. The van der Waals surface area contributed by atoms with Crippen LogP contribution in [0.5, 0.6) is 0 Å². The SMILES string of the molecule is C=C(CCCC(F)F)NC. The summed E-state index contributed by atoms with van der Waals surface area (Å²) in [5.74, 6) is 0. The molecule has 0 rings (SSSR count). The second kappa shape index (κ2) is 5.21. The van der Waals surface area contributed by atoms with E-state index in [0.29, 0.717) is 12.8 Å². The zero-order valence-corrected chi connectivity index (χ0v) is 6.16. The summed E-state index contributed by atoms with van der Waals surface area (Å²) in [5.41, 5.74) is 0.820. The normalized spacial score (nSPS) is 10.0. The molecule has 0 unspecified atom stereocenters. The summed E-state index contributed by atoms with van der Waals surface area (Å²) in [6.45, 7) is 3.61. The van der Waals surface area contributed by atoms with E-state index < -0.39 is 6.43 Å². The Morgan fingerprint density at radius 3 is 2.60 bits per heavy atom. The quantitative estimate of drug-likeness (QED) is 0.631. The summed E-state index contributed by atoms with van der Waals surface area (Å²) in [5, 5.41) is 2.80. The van der Waals surface area contributed by atoms with Gasteiger partial charge in [-0.2, -0.15) is 0 Å². The van der Waals surface area contributed by atoms with Crippen LogP contribution in [-0.2, 0) is 0 Å². The van der Waals surface area contributed by atoms with Crippen molar-refractivity contribution in [3.63, 3.8) is 0 Å². The van der Waals surface area contributed by atoms with Crippen molar-refractivity contribution in [3.8, 4) is 0 Å². The highest BCUT2D eigenvalue weighted by Gasteiger charge is 2.01.